The minimum absolute atomic E-state index is 0.123. The number of hydrogen-bond acceptors (Lipinski definition) is 2. The van der Waals surface area contributed by atoms with Gasteiger partial charge in [0.25, 0.3) is 0 Å². The molecule has 1 aliphatic carbocycles. The molecule has 0 N–H and O–H groups in total. The van der Waals surface area contributed by atoms with Crippen molar-refractivity contribution in [1.29, 1.82) is 0 Å². The molecule has 1 unspecified atom stereocenters. The fraction of sp³-hybridized carbons (Fsp3) is 0.500. The van der Waals surface area contributed by atoms with Gasteiger partial charge in [-0.3, -0.25) is 9.59 Å². The van der Waals surface area contributed by atoms with Gasteiger partial charge < -0.3 is 4.90 Å². The number of likely N-dealkylation sites (N-methyl/N-ethyl adjacent to an activating group) is 1. The average Bonchev–Trinajstić information content (AvgIpc) is 2.48. The molecule has 2 rings (SSSR count). The molecule has 0 saturated heterocycles. The Morgan fingerprint density at radius 1 is 1.35 bits per heavy atom. The maximum Gasteiger partial charge on any atom is 0.471 e. The molecule has 1 fully saturated rings. The van der Waals surface area contributed by atoms with Crippen molar-refractivity contribution in [3.05, 3.63) is 34.9 Å². The van der Waals surface area contributed by atoms with Crippen molar-refractivity contribution in [2.75, 3.05) is 7.05 Å². The van der Waals surface area contributed by atoms with Crippen LogP contribution in [0.4, 0.5) is 13.2 Å². The second-order valence-electron chi connectivity index (χ2n) is 5.86. The molecule has 126 valence electrons. The van der Waals surface area contributed by atoms with Gasteiger partial charge in [0, 0.05) is 23.6 Å². The Bertz CT molecular complexity index is 632. The van der Waals surface area contributed by atoms with Crippen molar-refractivity contribution >= 4 is 23.3 Å². The summed E-state index contributed by atoms with van der Waals surface area (Å²) in [7, 11) is 1.02. The van der Waals surface area contributed by atoms with Gasteiger partial charge in [0.05, 0.1) is 0 Å². The Morgan fingerprint density at radius 3 is 2.52 bits per heavy atom. The Kier molecular flexibility index (Phi) is 4.76. The molecule has 0 bridgehead atoms. The highest BCUT2D eigenvalue weighted by Gasteiger charge is 2.55. The second-order valence-corrected chi connectivity index (χ2v) is 6.27. The summed E-state index contributed by atoms with van der Waals surface area (Å²) in [5, 5.41) is 0.178. The van der Waals surface area contributed by atoms with Gasteiger partial charge >= 0.3 is 12.1 Å². The third-order valence-electron chi connectivity index (χ3n) is 4.47. The van der Waals surface area contributed by atoms with E-state index >= 15 is 0 Å². The van der Waals surface area contributed by atoms with E-state index in [2.05, 4.69) is 0 Å². The predicted molar refractivity (Wildman–Crippen MR) is 80.0 cm³/mol. The zero-order valence-electron chi connectivity index (χ0n) is 12.8. The number of ketones is 1. The van der Waals surface area contributed by atoms with E-state index < -0.39 is 29.3 Å². The normalized spacial score (nSPS) is 25.3. The van der Waals surface area contributed by atoms with Crippen LogP contribution in [-0.4, -0.2) is 29.8 Å². The number of amides is 1. The number of halogens is 4. The van der Waals surface area contributed by atoms with Crippen LogP contribution in [-0.2, 0) is 15.1 Å². The van der Waals surface area contributed by atoms with Gasteiger partial charge in [-0.25, -0.2) is 0 Å². The Labute approximate surface area is 137 Å². The first-order chi connectivity index (χ1) is 10.6. The van der Waals surface area contributed by atoms with Gasteiger partial charge in [-0.1, -0.05) is 36.7 Å². The van der Waals surface area contributed by atoms with E-state index in [9.17, 15) is 22.8 Å². The number of nitrogens with zero attached hydrogens (tertiary/aromatic N) is 1. The number of carbonyl (C=O) groups is 2. The summed E-state index contributed by atoms with van der Waals surface area (Å²) >= 11 is 6.15. The Balaban J connectivity index is 2.64. The third-order valence-corrected chi connectivity index (χ3v) is 4.80. The lowest BCUT2D eigenvalue weighted by molar-refractivity contribution is -0.192. The van der Waals surface area contributed by atoms with Crippen LogP contribution in [0.5, 0.6) is 0 Å². The van der Waals surface area contributed by atoms with Gasteiger partial charge in [0.2, 0.25) is 0 Å². The number of alkyl halides is 3. The minimum atomic E-state index is -5.05. The van der Waals surface area contributed by atoms with Crippen LogP contribution in [0.15, 0.2) is 24.3 Å². The molecule has 0 radical (unpaired) electrons. The average molecular weight is 348 g/mol. The molecule has 1 aliphatic rings. The van der Waals surface area contributed by atoms with E-state index in [0.29, 0.717) is 17.7 Å². The molecule has 1 saturated carbocycles. The fourth-order valence-corrected chi connectivity index (χ4v) is 3.56. The molecule has 2 atom stereocenters. The van der Waals surface area contributed by atoms with E-state index in [-0.39, 0.29) is 17.0 Å². The zero-order valence-corrected chi connectivity index (χ0v) is 13.5. The molecular weight excluding hydrogens is 331 g/mol. The highest BCUT2D eigenvalue weighted by atomic mass is 35.5. The molecule has 0 aromatic heterocycles. The molecular formula is C16H17ClF3NO2. The molecule has 0 aliphatic heterocycles. The van der Waals surface area contributed by atoms with Gasteiger partial charge in [-0.05, 0) is 25.3 Å². The first-order valence-corrected chi connectivity index (χ1v) is 7.64. The first-order valence-electron chi connectivity index (χ1n) is 7.26. The summed E-state index contributed by atoms with van der Waals surface area (Å²) in [5.74, 6) is -2.89. The van der Waals surface area contributed by atoms with Crippen molar-refractivity contribution in [1.82, 2.24) is 4.90 Å². The van der Waals surface area contributed by atoms with Crippen LogP contribution < -0.4 is 0 Å². The molecule has 1 aromatic carbocycles. The molecule has 0 spiro atoms. The lowest BCUT2D eigenvalue weighted by Crippen LogP contribution is -2.58. The molecule has 1 aromatic rings. The molecule has 7 heteroatoms. The Hall–Kier alpha value is -1.56. The summed E-state index contributed by atoms with van der Waals surface area (Å²) in [5.41, 5.74) is -1.43. The monoisotopic (exact) mass is 347 g/mol. The number of rotatable bonds is 2. The van der Waals surface area contributed by atoms with Gasteiger partial charge in [-0.2, -0.15) is 13.2 Å². The molecule has 3 nitrogen and oxygen atoms in total. The first kappa shape index (κ1) is 17.8. The quantitative estimate of drug-likeness (QED) is 0.812. The van der Waals surface area contributed by atoms with E-state index in [1.54, 1.807) is 19.1 Å². The van der Waals surface area contributed by atoms with E-state index in [1.807, 2.05) is 0 Å². The van der Waals surface area contributed by atoms with Crippen molar-refractivity contribution in [3.63, 3.8) is 0 Å². The third kappa shape index (κ3) is 2.96. The smallest absolute Gasteiger partial charge is 0.321 e. The van der Waals surface area contributed by atoms with Crippen LogP contribution in [0.1, 0.15) is 31.7 Å². The SMILES string of the molecule is CC1CCC[C@](c2ccccc2Cl)(N(C)C(=O)C(F)(F)F)C1=O. The van der Waals surface area contributed by atoms with Crippen LogP contribution in [0, 0.1) is 5.92 Å². The highest BCUT2D eigenvalue weighted by Crippen LogP contribution is 2.45. The van der Waals surface area contributed by atoms with Crippen LogP contribution in [0.25, 0.3) is 0 Å². The van der Waals surface area contributed by atoms with Gasteiger partial charge in [0.15, 0.2) is 5.78 Å². The topological polar surface area (TPSA) is 37.4 Å². The summed E-state index contributed by atoms with van der Waals surface area (Å²) in [6.07, 6.45) is -3.81. The predicted octanol–water partition coefficient (Wildman–Crippen LogP) is 3.95. The van der Waals surface area contributed by atoms with Gasteiger partial charge in [-0.15, -0.1) is 0 Å². The number of carbonyl (C=O) groups excluding carboxylic acids is 2. The Morgan fingerprint density at radius 2 is 1.96 bits per heavy atom. The van der Waals surface area contributed by atoms with Crippen molar-refractivity contribution in [3.8, 4) is 0 Å². The standard InChI is InChI=1S/C16H17ClF3NO2/c1-10-6-5-9-15(13(10)22,11-7-3-4-8-12(11)17)21(2)14(23)16(18,19)20/h3-4,7-8,10H,5-6,9H2,1-2H3/t10?,15-/m1/s1. The molecule has 0 heterocycles. The van der Waals surface area contributed by atoms with E-state index in [1.165, 1.54) is 12.1 Å². The van der Waals surface area contributed by atoms with Crippen molar-refractivity contribution < 1.29 is 22.8 Å². The van der Waals surface area contributed by atoms with E-state index in [4.69, 9.17) is 11.6 Å². The maximum atomic E-state index is 12.9. The van der Waals surface area contributed by atoms with E-state index in [0.717, 1.165) is 7.05 Å². The summed E-state index contributed by atoms with van der Waals surface area (Å²) < 4.78 is 38.8. The summed E-state index contributed by atoms with van der Waals surface area (Å²) in [4.78, 5) is 25.2. The highest BCUT2D eigenvalue weighted by molar-refractivity contribution is 6.31. The van der Waals surface area contributed by atoms with Gasteiger partial charge in [0.1, 0.15) is 5.54 Å². The lowest BCUT2D eigenvalue weighted by atomic mass is 9.70. The molecule has 23 heavy (non-hydrogen) atoms. The van der Waals surface area contributed by atoms with Crippen LogP contribution >= 0.6 is 11.6 Å². The number of Topliss-reactive ketones (excluding diaryl/α,β-unsaturated/α-hetero) is 1. The van der Waals surface area contributed by atoms with Crippen LogP contribution in [0.2, 0.25) is 5.02 Å². The summed E-state index contributed by atoms with van der Waals surface area (Å²) in [6, 6.07) is 6.25. The largest absolute Gasteiger partial charge is 0.471 e. The molecule has 1 amide bonds. The van der Waals surface area contributed by atoms with Crippen LogP contribution in [0.3, 0.4) is 0 Å². The number of hydrogen-bond donors (Lipinski definition) is 0. The summed E-state index contributed by atoms with van der Waals surface area (Å²) in [6.45, 7) is 1.67. The maximum absolute atomic E-state index is 12.9. The van der Waals surface area contributed by atoms with Crippen molar-refractivity contribution in [2.24, 2.45) is 5.92 Å². The number of benzene rings is 1. The second kappa shape index (κ2) is 6.15. The zero-order chi connectivity index (χ0) is 17.4. The fourth-order valence-electron chi connectivity index (χ4n) is 3.27. The minimum Gasteiger partial charge on any atom is -0.321 e. The van der Waals surface area contributed by atoms with Crippen molar-refractivity contribution in [2.45, 2.75) is 37.9 Å². The lowest BCUT2D eigenvalue weighted by Gasteiger charge is -2.45.